The van der Waals surface area contributed by atoms with E-state index < -0.39 is 0 Å². The molecule has 0 spiro atoms. The molecule has 4 nitrogen and oxygen atoms in total. The normalized spacial score (nSPS) is 11.6. The van der Waals surface area contributed by atoms with Gasteiger partial charge >= 0.3 is 0 Å². The topological polar surface area (TPSA) is 51.8 Å². The molecule has 0 N–H and O–H groups in total. The van der Waals surface area contributed by atoms with Crippen molar-refractivity contribution in [3.05, 3.63) is 188 Å². The van der Waals surface area contributed by atoms with Gasteiger partial charge in [-0.25, -0.2) is 15.0 Å². The summed E-state index contributed by atoms with van der Waals surface area (Å²) < 4.78 is 6.56. The maximum Gasteiger partial charge on any atom is 0.164 e. The van der Waals surface area contributed by atoms with Gasteiger partial charge in [-0.1, -0.05) is 158 Å². The summed E-state index contributed by atoms with van der Waals surface area (Å²) in [4.78, 5) is 15.5. The minimum atomic E-state index is 0.598. The summed E-state index contributed by atoms with van der Waals surface area (Å²) in [6, 6.07) is 65.8. The molecule has 0 radical (unpaired) electrons. The lowest BCUT2D eigenvalue weighted by Gasteiger charge is -2.11. The zero-order valence-electron chi connectivity index (χ0n) is 29.6. The van der Waals surface area contributed by atoms with E-state index in [1.54, 1.807) is 0 Å². The maximum absolute atomic E-state index is 6.56. The fourth-order valence-corrected chi connectivity index (χ4v) is 7.91. The highest BCUT2D eigenvalue weighted by molar-refractivity contribution is 6.13. The molecular weight excluding hydrogens is 671 g/mol. The molecule has 9 aromatic carbocycles. The Morgan fingerprint density at radius 1 is 0.291 bits per heavy atom. The van der Waals surface area contributed by atoms with Crippen LogP contribution in [0.2, 0.25) is 0 Å². The van der Waals surface area contributed by atoms with Gasteiger partial charge in [-0.2, -0.15) is 0 Å². The second-order valence-corrected chi connectivity index (χ2v) is 14.0. The second-order valence-electron chi connectivity index (χ2n) is 14.0. The monoisotopic (exact) mass is 701 g/mol. The first-order valence-electron chi connectivity index (χ1n) is 18.5. The Hall–Kier alpha value is -7.43. The molecule has 256 valence electrons. The summed E-state index contributed by atoms with van der Waals surface area (Å²) in [6.45, 7) is 0. The molecule has 11 rings (SSSR count). The zero-order chi connectivity index (χ0) is 36.3. The summed E-state index contributed by atoms with van der Waals surface area (Å²) in [5, 5.41) is 9.09. The third kappa shape index (κ3) is 5.43. The van der Waals surface area contributed by atoms with Crippen molar-refractivity contribution < 1.29 is 4.42 Å². The maximum atomic E-state index is 6.56. The van der Waals surface area contributed by atoms with Crippen molar-refractivity contribution >= 4 is 54.3 Å². The highest BCUT2D eigenvalue weighted by Gasteiger charge is 2.19. The molecule has 0 bridgehead atoms. The zero-order valence-corrected chi connectivity index (χ0v) is 29.6. The van der Waals surface area contributed by atoms with Gasteiger partial charge in [0.25, 0.3) is 0 Å². The molecule has 55 heavy (non-hydrogen) atoms. The van der Waals surface area contributed by atoms with Crippen molar-refractivity contribution in [2.45, 2.75) is 0 Å². The van der Waals surface area contributed by atoms with E-state index in [-0.39, 0.29) is 0 Å². The highest BCUT2D eigenvalue weighted by Crippen LogP contribution is 2.39. The van der Waals surface area contributed by atoms with Crippen LogP contribution in [0.15, 0.2) is 192 Å². The van der Waals surface area contributed by atoms with Crippen LogP contribution >= 0.6 is 0 Å². The first-order chi connectivity index (χ1) is 27.2. The molecule has 0 aliphatic heterocycles. The van der Waals surface area contributed by atoms with Crippen LogP contribution in [0.25, 0.3) is 111 Å². The molecule has 0 atom stereocenters. The Kier molecular flexibility index (Phi) is 7.14. The third-order valence-electron chi connectivity index (χ3n) is 10.7. The highest BCUT2D eigenvalue weighted by atomic mass is 16.3. The SMILES string of the molecule is c1ccc(-c2ccc(-c3ccc4c(c3)oc3cccc(-c5nc(-c6ccc7ccccc7c6)nc(-c6ccc7c(ccc8ccccc87)c6)n5)c34)cc2)cc1. The van der Waals surface area contributed by atoms with Gasteiger partial charge in [0.1, 0.15) is 11.2 Å². The van der Waals surface area contributed by atoms with E-state index in [1.165, 1.54) is 32.7 Å². The Balaban J connectivity index is 1.06. The second kappa shape index (κ2) is 12.6. The van der Waals surface area contributed by atoms with E-state index in [9.17, 15) is 0 Å². The fourth-order valence-electron chi connectivity index (χ4n) is 7.91. The largest absolute Gasteiger partial charge is 0.456 e. The summed E-state index contributed by atoms with van der Waals surface area (Å²) >= 11 is 0. The summed E-state index contributed by atoms with van der Waals surface area (Å²) in [6.07, 6.45) is 0. The minimum absolute atomic E-state index is 0.598. The molecule has 0 fully saturated rings. The smallest absolute Gasteiger partial charge is 0.164 e. The van der Waals surface area contributed by atoms with Gasteiger partial charge in [0, 0.05) is 27.5 Å². The Labute approximate surface area is 317 Å². The number of hydrogen-bond donors (Lipinski definition) is 0. The Morgan fingerprint density at radius 2 is 0.836 bits per heavy atom. The summed E-state index contributed by atoms with van der Waals surface area (Å²) in [5.41, 5.74) is 8.99. The Bertz CT molecular complexity index is 3260. The Morgan fingerprint density at radius 3 is 1.65 bits per heavy atom. The van der Waals surface area contributed by atoms with E-state index in [4.69, 9.17) is 19.4 Å². The predicted molar refractivity (Wildman–Crippen MR) is 227 cm³/mol. The van der Waals surface area contributed by atoms with E-state index in [1.807, 2.05) is 18.2 Å². The van der Waals surface area contributed by atoms with Crippen molar-refractivity contribution in [1.29, 1.82) is 0 Å². The molecule has 0 saturated heterocycles. The molecule has 11 aromatic rings. The minimum Gasteiger partial charge on any atom is -0.456 e. The first kappa shape index (κ1) is 31.1. The average molecular weight is 702 g/mol. The van der Waals surface area contributed by atoms with Crippen LogP contribution in [0, 0.1) is 0 Å². The van der Waals surface area contributed by atoms with Crippen molar-refractivity contribution in [3.8, 4) is 56.4 Å². The number of rotatable bonds is 5. The van der Waals surface area contributed by atoms with Crippen LogP contribution < -0.4 is 0 Å². The fraction of sp³-hybridized carbons (Fsp3) is 0. The van der Waals surface area contributed by atoms with Gasteiger partial charge in [0.05, 0.1) is 0 Å². The number of fused-ring (bicyclic) bond motifs is 7. The van der Waals surface area contributed by atoms with Crippen LogP contribution in [-0.2, 0) is 0 Å². The quantitative estimate of drug-likeness (QED) is 0.168. The number of hydrogen-bond acceptors (Lipinski definition) is 4. The van der Waals surface area contributed by atoms with Crippen molar-refractivity contribution in [3.63, 3.8) is 0 Å². The first-order valence-corrected chi connectivity index (χ1v) is 18.5. The van der Waals surface area contributed by atoms with Gasteiger partial charge in [0.2, 0.25) is 0 Å². The molecule has 2 aromatic heterocycles. The van der Waals surface area contributed by atoms with E-state index in [2.05, 4.69) is 170 Å². The van der Waals surface area contributed by atoms with Crippen LogP contribution in [0.5, 0.6) is 0 Å². The van der Waals surface area contributed by atoms with Crippen molar-refractivity contribution in [1.82, 2.24) is 15.0 Å². The van der Waals surface area contributed by atoms with E-state index >= 15 is 0 Å². The average Bonchev–Trinajstić information content (AvgIpc) is 3.64. The molecule has 0 unspecified atom stereocenters. The van der Waals surface area contributed by atoms with Gasteiger partial charge < -0.3 is 4.42 Å². The lowest BCUT2D eigenvalue weighted by Crippen LogP contribution is -2.00. The van der Waals surface area contributed by atoms with Crippen LogP contribution in [-0.4, -0.2) is 15.0 Å². The van der Waals surface area contributed by atoms with Gasteiger partial charge in [-0.15, -0.1) is 0 Å². The molecule has 0 amide bonds. The van der Waals surface area contributed by atoms with Crippen molar-refractivity contribution in [2.24, 2.45) is 0 Å². The van der Waals surface area contributed by atoms with E-state index in [0.717, 1.165) is 60.5 Å². The van der Waals surface area contributed by atoms with Crippen molar-refractivity contribution in [2.75, 3.05) is 0 Å². The molecule has 0 saturated carbocycles. The van der Waals surface area contributed by atoms with Crippen LogP contribution in [0.1, 0.15) is 0 Å². The molecule has 2 heterocycles. The molecule has 4 heteroatoms. The van der Waals surface area contributed by atoms with Gasteiger partial charge in [-0.05, 0) is 84.9 Å². The van der Waals surface area contributed by atoms with E-state index in [0.29, 0.717) is 17.5 Å². The van der Waals surface area contributed by atoms with Gasteiger partial charge in [0.15, 0.2) is 17.5 Å². The summed E-state index contributed by atoms with van der Waals surface area (Å²) in [5.74, 6) is 1.84. The lowest BCUT2D eigenvalue weighted by molar-refractivity contribution is 0.669. The number of furan rings is 1. The number of benzene rings is 9. The predicted octanol–water partition coefficient (Wildman–Crippen LogP) is 13.6. The summed E-state index contributed by atoms with van der Waals surface area (Å²) in [7, 11) is 0. The number of nitrogens with zero attached hydrogens (tertiary/aromatic N) is 3. The lowest BCUT2D eigenvalue weighted by atomic mass is 9.99. The van der Waals surface area contributed by atoms with Gasteiger partial charge in [-0.3, -0.25) is 0 Å². The molecular formula is C51H31N3O. The third-order valence-corrected chi connectivity index (χ3v) is 10.7. The standard InChI is InChI=1S/C51H31N3O/c1-2-9-32(10-3-1)34-17-19-35(20-18-34)38-25-28-44-47(31-38)55-46-16-8-15-45(48(44)46)51-53-49(40-24-21-33-11-4-5-13-37(33)29-40)52-50(54-51)41-26-27-43-39(30-41)23-22-36-12-6-7-14-42(36)43/h1-31H. The van der Waals surface area contributed by atoms with Crippen LogP contribution in [0.3, 0.4) is 0 Å². The van der Waals surface area contributed by atoms with Crippen LogP contribution in [0.4, 0.5) is 0 Å². The number of aromatic nitrogens is 3. The molecule has 0 aliphatic rings. The molecule has 0 aliphatic carbocycles.